The predicted octanol–water partition coefficient (Wildman–Crippen LogP) is 4.77. The maximum Gasteiger partial charge on any atom is 0.303 e. The maximum atomic E-state index is 11.5. The molecular formula is C24H39N3O4. The lowest BCUT2D eigenvalue weighted by molar-refractivity contribution is -0.202. The third-order valence-electron chi connectivity index (χ3n) is 10.5. The van der Waals surface area contributed by atoms with E-state index in [1.807, 2.05) is 0 Å². The molecule has 5 unspecified atom stereocenters. The van der Waals surface area contributed by atoms with Crippen LogP contribution in [0.3, 0.4) is 0 Å². The molecule has 31 heavy (non-hydrogen) atoms. The number of hydrogen-bond donors (Lipinski definition) is 3. The molecule has 4 rings (SSSR count). The Morgan fingerprint density at radius 1 is 1.16 bits per heavy atom. The Hall–Kier alpha value is -1.30. The van der Waals surface area contributed by atoms with Gasteiger partial charge in [-0.15, -0.1) is 0 Å². The summed E-state index contributed by atoms with van der Waals surface area (Å²) in [5.41, 5.74) is 8.68. The zero-order valence-electron chi connectivity index (χ0n) is 19.2. The van der Waals surface area contributed by atoms with Gasteiger partial charge in [-0.25, -0.2) is 0 Å². The molecule has 11 atom stereocenters. The van der Waals surface area contributed by atoms with Crippen LogP contribution in [0.2, 0.25) is 0 Å². The molecule has 0 aromatic heterocycles. The Morgan fingerprint density at radius 3 is 2.58 bits per heavy atom. The molecular weight excluding hydrogens is 394 g/mol. The van der Waals surface area contributed by atoms with E-state index in [0.29, 0.717) is 18.3 Å². The first kappa shape index (κ1) is 22.9. The summed E-state index contributed by atoms with van der Waals surface area (Å²) in [6.45, 7) is 6.71. The Balaban J connectivity index is 1.59. The van der Waals surface area contributed by atoms with Crippen LogP contribution in [-0.4, -0.2) is 39.5 Å². The number of carboxylic acid groups (broad SMARTS) is 1. The Morgan fingerprint density at radius 2 is 1.90 bits per heavy atom. The summed E-state index contributed by atoms with van der Waals surface area (Å²) in [6.07, 6.45) is 6.24. The first-order valence-corrected chi connectivity index (χ1v) is 12.2. The summed E-state index contributed by atoms with van der Waals surface area (Å²) in [5.74, 6) is 0.884. The van der Waals surface area contributed by atoms with Crippen molar-refractivity contribution in [2.45, 2.75) is 96.8 Å². The summed E-state index contributed by atoms with van der Waals surface area (Å²) in [7, 11) is 0. The van der Waals surface area contributed by atoms with Gasteiger partial charge in [0.25, 0.3) is 0 Å². The molecule has 0 amide bonds. The van der Waals surface area contributed by atoms with Crippen molar-refractivity contribution in [1.82, 2.24) is 0 Å². The van der Waals surface area contributed by atoms with Gasteiger partial charge in [0.05, 0.1) is 12.2 Å². The van der Waals surface area contributed by atoms with Crippen LogP contribution in [0.5, 0.6) is 0 Å². The predicted molar refractivity (Wildman–Crippen MR) is 117 cm³/mol. The van der Waals surface area contributed by atoms with E-state index < -0.39 is 12.1 Å². The van der Waals surface area contributed by atoms with Crippen LogP contribution in [-0.2, 0) is 4.79 Å². The molecule has 7 nitrogen and oxygen atoms in total. The Bertz CT molecular complexity index is 755. The molecule has 0 aromatic rings. The fourth-order valence-corrected chi connectivity index (χ4v) is 8.86. The molecule has 0 aliphatic heterocycles. The normalized spacial score (nSPS) is 49.8. The highest BCUT2D eigenvalue weighted by Crippen LogP contribution is 2.68. The number of aliphatic hydroxyl groups excluding tert-OH is 2. The third kappa shape index (κ3) is 3.57. The molecule has 4 aliphatic rings. The van der Waals surface area contributed by atoms with Gasteiger partial charge in [-0.2, -0.15) is 0 Å². The number of aliphatic carboxylic acids is 1. The van der Waals surface area contributed by atoms with E-state index in [1.165, 1.54) is 0 Å². The van der Waals surface area contributed by atoms with Gasteiger partial charge < -0.3 is 15.3 Å². The quantitative estimate of drug-likeness (QED) is 0.328. The van der Waals surface area contributed by atoms with Gasteiger partial charge in [0, 0.05) is 17.4 Å². The summed E-state index contributed by atoms with van der Waals surface area (Å²) in [6, 6.07) is 0.0246. The number of hydrogen-bond acceptors (Lipinski definition) is 4. The zero-order chi connectivity index (χ0) is 22.6. The van der Waals surface area contributed by atoms with Crippen LogP contribution in [0.4, 0.5) is 0 Å². The van der Waals surface area contributed by atoms with Crippen molar-refractivity contribution in [3.63, 3.8) is 0 Å². The first-order valence-electron chi connectivity index (χ1n) is 12.2. The van der Waals surface area contributed by atoms with Gasteiger partial charge in [0.15, 0.2) is 0 Å². The molecule has 0 bridgehead atoms. The second kappa shape index (κ2) is 8.24. The second-order valence-electron chi connectivity index (χ2n) is 11.6. The highest BCUT2D eigenvalue weighted by Gasteiger charge is 2.65. The van der Waals surface area contributed by atoms with Gasteiger partial charge in [-0.05, 0) is 103 Å². The molecule has 0 radical (unpaired) electrons. The highest BCUT2D eigenvalue weighted by molar-refractivity contribution is 5.66. The van der Waals surface area contributed by atoms with Crippen LogP contribution in [0, 0.1) is 46.3 Å². The maximum absolute atomic E-state index is 11.5. The minimum Gasteiger partial charge on any atom is -0.481 e. The summed E-state index contributed by atoms with van der Waals surface area (Å²) in [4.78, 5) is 14.1. The molecule has 0 aromatic carbocycles. The molecule has 0 heterocycles. The number of aliphatic hydroxyl groups is 2. The molecule has 4 aliphatic carbocycles. The minimum atomic E-state index is -0.756. The van der Waals surface area contributed by atoms with Gasteiger partial charge in [0.2, 0.25) is 0 Å². The monoisotopic (exact) mass is 433 g/mol. The van der Waals surface area contributed by atoms with Crippen molar-refractivity contribution in [1.29, 1.82) is 0 Å². The summed E-state index contributed by atoms with van der Waals surface area (Å²) >= 11 is 0. The van der Waals surface area contributed by atoms with Gasteiger partial charge in [-0.1, -0.05) is 25.9 Å². The van der Waals surface area contributed by atoms with Crippen molar-refractivity contribution < 1.29 is 20.1 Å². The SMILES string of the molecule is CC(CCC(=O)O)[C@H]1CCC2C3C(C[C@H](O)[C@@]21C)[C@@]1(C)CC[C@@H](N=[N+]=[N-])CC1C[C@H]3O. The Kier molecular flexibility index (Phi) is 6.08. The lowest BCUT2D eigenvalue weighted by Gasteiger charge is -2.63. The standard InChI is InChI=1S/C24H39N3O4/c1-13(4-7-21(30)31)16-5-6-17-22-18(12-20(29)24(16,17)3)23(2)9-8-15(26-27-25)10-14(23)11-19(22)28/h13-20,22,28-29H,4-12H2,1-3H3,(H,30,31)/t13?,14?,15-,16-,17?,18?,19-,20+,22?,23+,24-/m1/s1. The summed E-state index contributed by atoms with van der Waals surface area (Å²) in [5, 5.41) is 36.0. The van der Waals surface area contributed by atoms with Crippen molar-refractivity contribution in [2.24, 2.45) is 51.5 Å². The number of carbonyl (C=O) groups is 1. The highest BCUT2D eigenvalue weighted by atomic mass is 16.4. The van der Waals surface area contributed by atoms with E-state index in [4.69, 9.17) is 10.6 Å². The molecule has 7 heteroatoms. The van der Waals surface area contributed by atoms with E-state index in [9.17, 15) is 15.0 Å². The van der Waals surface area contributed by atoms with Crippen molar-refractivity contribution in [3.05, 3.63) is 10.4 Å². The van der Waals surface area contributed by atoms with E-state index in [0.717, 1.165) is 44.9 Å². The van der Waals surface area contributed by atoms with Crippen LogP contribution < -0.4 is 0 Å². The van der Waals surface area contributed by atoms with Gasteiger partial charge in [-0.3, -0.25) is 4.79 Å². The molecule has 4 saturated carbocycles. The average Bonchev–Trinajstić information content (AvgIpc) is 3.07. The molecule has 3 N–H and O–H groups in total. The smallest absolute Gasteiger partial charge is 0.303 e. The number of azide groups is 1. The molecule has 174 valence electrons. The number of carboxylic acids is 1. The largest absolute Gasteiger partial charge is 0.481 e. The zero-order valence-corrected chi connectivity index (χ0v) is 19.2. The Labute approximate surface area is 185 Å². The van der Waals surface area contributed by atoms with E-state index in [-0.39, 0.29) is 53.1 Å². The molecule has 0 saturated heterocycles. The number of nitrogens with zero attached hydrogens (tertiary/aromatic N) is 3. The van der Waals surface area contributed by atoms with Crippen LogP contribution in [0.25, 0.3) is 10.4 Å². The minimum absolute atomic E-state index is 0.0246. The number of rotatable bonds is 5. The van der Waals surface area contributed by atoms with Crippen LogP contribution in [0.1, 0.15) is 78.6 Å². The van der Waals surface area contributed by atoms with E-state index in [2.05, 4.69) is 30.8 Å². The van der Waals surface area contributed by atoms with E-state index in [1.54, 1.807) is 0 Å². The van der Waals surface area contributed by atoms with Gasteiger partial charge in [0.1, 0.15) is 0 Å². The fourth-order valence-electron chi connectivity index (χ4n) is 8.86. The van der Waals surface area contributed by atoms with Crippen LogP contribution >= 0.6 is 0 Å². The third-order valence-corrected chi connectivity index (χ3v) is 10.5. The summed E-state index contributed by atoms with van der Waals surface area (Å²) < 4.78 is 0. The second-order valence-corrected chi connectivity index (χ2v) is 11.6. The average molecular weight is 434 g/mol. The van der Waals surface area contributed by atoms with Gasteiger partial charge >= 0.3 is 5.97 Å². The van der Waals surface area contributed by atoms with E-state index >= 15 is 0 Å². The topological polar surface area (TPSA) is 127 Å². The number of fused-ring (bicyclic) bond motifs is 5. The fraction of sp³-hybridized carbons (Fsp3) is 0.958. The molecule has 4 fully saturated rings. The van der Waals surface area contributed by atoms with Crippen molar-refractivity contribution >= 4 is 5.97 Å². The molecule has 0 spiro atoms. The lowest BCUT2D eigenvalue weighted by atomic mass is 9.43. The lowest BCUT2D eigenvalue weighted by Crippen LogP contribution is -2.62. The van der Waals surface area contributed by atoms with Crippen molar-refractivity contribution in [2.75, 3.05) is 0 Å². The van der Waals surface area contributed by atoms with Crippen LogP contribution in [0.15, 0.2) is 5.11 Å². The first-order chi connectivity index (χ1) is 14.6. The van der Waals surface area contributed by atoms with Crippen molar-refractivity contribution in [3.8, 4) is 0 Å².